The summed E-state index contributed by atoms with van der Waals surface area (Å²) in [5, 5.41) is 12.0. The van der Waals surface area contributed by atoms with Gasteiger partial charge in [0, 0.05) is 13.6 Å². The normalized spacial score (nSPS) is 13.5. The number of carbonyl (C=O) groups is 2. The molecule has 0 saturated heterocycles. The van der Waals surface area contributed by atoms with E-state index in [1.165, 1.54) is 4.90 Å². The van der Waals surface area contributed by atoms with Crippen molar-refractivity contribution in [2.45, 2.75) is 33.7 Å². The molecule has 0 radical (unpaired) electrons. The zero-order chi connectivity index (χ0) is 16.9. The number of benzene rings is 1. The van der Waals surface area contributed by atoms with Crippen molar-refractivity contribution >= 4 is 12.0 Å². The first-order valence-electron chi connectivity index (χ1n) is 7.54. The van der Waals surface area contributed by atoms with Crippen molar-refractivity contribution in [2.24, 2.45) is 11.8 Å². The van der Waals surface area contributed by atoms with Crippen molar-refractivity contribution < 1.29 is 14.7 Å². The molecule has 0 aromatic heterocycles. The second-order valence-corrected chi connectivity index (χ2v) is 6.15. The number of rotatable bonds is 6. The van der Waals surface area contributed by atoms with E-state index in [0.717, 1.165) is 11.1 Å². The smallest absolute Gasteiger partial charge is 0.317 e. The van der Waals surface area contributed by atoms with E-state index in [0.29, 0.717) is 0 Å². The summed E-state index contributed by atoms with van der Waals surface area (Å²) in [5.41, 5.74) is 2.22. The maximum absolute atomic E-state index is 12.3. The van der Waals surface area contributed by atoms with Gasteiger partial charge >= 0.3 is 12.0 Å². The fourth-order valence-electron chi connectivity index (χ4n) is 2.35. The summed E-state index contributed by atoms with van der Waals surface area (Å²) in [5.74, 6) is -1.26. The summed E-state index contributed by atoms with van der Waals surface area (Å²) in [6.07, 6.45) is 0. The number of hydrogen-bond donors (Lipinski definition) is 2. The number of hydrogen-bond acceptors (Lipinski definition) is 2. The minimum absolute atomic E-state index is 0.101. The van der Waals surface area contributed by atoms with Crippen LogP contribution in [0.25, 0.3) is 0 Å². The van der Waals surface area contributed by atoms with Gasteiger partial charge in [-0.15, -0.1) is 0 Å². The number of aliphatic carboxylic acids is 1. The largest absolute Gasteiger partial charge is 0.481 e. The quantitative estimate of drug-likeness (QED) is 0.848. The van der Waals surface area contributed by atoms with Crippen molar-refractivity contribution in [3.05, 3.63) is 35.4 Å². The fourth-order valence-corrected chi connectivity index (χ4v) is 2.35. The van der Waals surface area contributed by atoms with E-state index in [2.05, 4.69) is 19.2 Å². The summed E-state index contributed by atoms with van der Waals surface area (Å²) in [7, 11) is 1.62. The van der Waals surface area contributed by atoms with Crippen LogP contribution in [0.2, 0.25) is 0 Å². The SMILES string of the molecule is Cc1ccccc1C(NC(=O)N(C)CC(C)C(=O)O)C(C)C. The number of amides is 2. The Morgan fingerprint density at radius 3 is 2.32 bits per heavy atom. The third kappa shape index (κ3) is 4.76. The first-order chi connectivity index (χ1) is 10.2. The first kappa shape index (κ1) is 18.0. The molecular formula is C17H26N2O3. The molecule has 0 aliphatic heterocycles. The van der Waals surface area contributed by atoms with Crippen LogP contribution in [0.3, 0.4) is 0 Å². The van der Waals surface area contributed by atoms with Gasteiger partial charge in [0.05, 0.1) is 12.0 Å². The lowest BCUT2D eigenvalue weighted by atomic mass is 9.93. The zero-order valence-electron chi connectivity index (χ0n) is 14.0. The second kappa shape index (κ2) is 7.82. The van der Waals surface area contributed by atoms with E-state index in [1.807, 2.05) is 31.2 Å². The molecule has 5 nitrogen and oxygen atoms in total. The molecule has 0 bridgehead atoms. The van der Waals surface area contributed by atoms with Crippen LogP contribution in [0.4, 0.5) is 4.79 Å². The molecule has 2 unspecified atom stereocenters. The Morgan fingerprint density at radius 1 is 1.23 bits per heavy atom. The molecule has 0 aliphatic rings. The predicted molar refractivity (Wildman–Crippen MR) is 86.7 cm³/mol. The van der Waals surface area contributed by atoms with Gasteiger partial charge in [-0.1, -0.05) is 45.0 Å². The Bertz CT molecular complexity index is 528. The summed E-state index contributed by atoms with van der Waals surface area (Å²) in [6, 6.07) is 7.61. The lowest BCUT2D eigenvalue weighted by molar-refractivity contribution is -0.141. The highest BCUT2D eigenvalue weighted by Gasteiger charge is 2.23. The highest BCUT2D eigenvalue weighted by atomic mass is 16.4. The van der Waals surface area contributed by atoms with Crippen LogP contribution in [-0.2, 0) is 4.79 Å². The number of carboxylic acids is 1. The van der Waals surface area contributed by atoms with Gasteiger partial charge in [-0.3, -0.25) is 4.79 Å². The number of urea groups is 1. The summed E-state index contributed by atoms with van der Waals surface area (Å²) in [4.78, 5) is 24.6. The summed E-state index contributed by atoms with van der Waals surface area (Å²) < 4.78 is 0. The predicted octanol–water partition coefficient (Wildman–Crippen LogP) is 3.05. The van der Waals surface area contributed by atoms with Crippen molar-refractivity contribution in [3.63, 3.8) is 0 Å². The van der Waals surface area contributed by atoms with Crippen molar-refractivity contribution in [1.82, 2.24) is 10.2 Å². The number of nitrogens with one attached hydrogen (secondary N) is 1. The lowest BCUT2D eigenvalue weighted by Crippen LogP contribution is -2.43. The Kier molecular flexibility index (Phi) is 6.40. The maximum Gasteiger partial charge on any atom is 0.317 e. The molecule has 0 spiro atoms. The first-order valence-corrected chi connectivity index (χ1v) is 7.54. The Balaban J connectivity index is 2.82. The van der Waals surface area contributed by atoms with Crippen LogP contribution in [0, 0.1) is 18.8 Å². The second-order valence-electron chi connectivity index (χ2n) is 6.15. The Hall–Kier alpha value is -2.04. The molecule has 1 aromatic rings. The molecule has 2 atom stereocenters. The van der Waals surface area contributed by atoms with Gasteiger partial charge in [-0.25, -0.2) is 4.79 Å². The Morgan fingerprint density at radius 2 is 1.82 bits per heavy atom. The van der Waals surface area contributed by atoms with Gasteiger partial charge in [0.2, 0.25) is 0 Å². The van der Waals surface area contributed by atoms with Crippen LogP contribution in [0.5, 0.6) is 0 Å². The van der Waals surface area contributed by atoms with Crippen molar-refractivity contribution in [3.8, 4) is 0 Å². The molecule has 0 fully saturated rings. The van der Waals surface area contributed by atoms with Gasteiger partial charge in [0.1, 0.15) is 0 Å². The average molecular weight is 306 g/mol. The fraction of sp³-hybridized carbons (Fsp3) is 0.529. The molecule has 5 heteroatoms. The number of carbonyl (C=O) groups excluding carboxylic acids is 1. The van der Waals surface area contributed by atoms with E-state index in [1.54, 1.807) is 14.0 Å². The monoisotopic (exact) mass is 306 g/mol. The van der Waals surface area contributed by atoms with Crippen LogP contribution in [0.1, 0.15) is 37.9 Å². The van der Waals surface area contributed by atoms with E-state index in [9.17, 15) is 9.59 Å². The van der Waals surface area contributed by atoms with Gasteiger partial charge in [0.15, 0.2) is 0 Å². The van der Waals surface area contributed by atoms with Gasteiger partial charge in [-0.05, 0) is 24.0 Å². The van der Waals surface area contributed by atoms with Gasteiger partial charge < -0.3 is 15.3 Å². The number of nitrogens with zero attached hydrogens (tertiary/aromatic N) is 1. The van der Waals surface area contributed by atoms with Crippen molar-refractivity contribution in [2.75, 3.05) is 13.6 Å². The molecule has 2 N–H and O–H groups in total. The maximum atomic E-state index is 12.3. The molecule has 0 heterocycles. The standard InChI is InChI=1S/C17H26N2O3/c1-11(2)15(14-9-7-6-8-12(14)3)18-17(22)19(5)10-13(4)16(20)21/h6-9,11,13,15H,10H2,1-5H3,(H,18,22)(H,20,21). The van der Waals surface area contributed by atoms with Crippen molar-refractivity contribution in [1.29, 1.82) is 0 Å². The van der Waals surface area contributed by atoms with Crippen LogP contribution < -0.4 is 5.32 Å². The topological polar surface area (TPSA) is 69.6 Å². The highest BCUT2D eigenvalue weighted by Crippen LogP contribution is 2.24. The van der Waals surface area contributed by atoms with Crippen LogP contribution >= 0.6 is 0 Å². The molecule has 1 rings (SSSR count). The summed E-state index contributed by atoms with van der Waals surface area (Å²) in [6.45, 7) is 7.90. The lowest BCUT2D eigenvalue weighted by Gasteiger charge is -2.28. The number of carboxylic acid groups (broad SMARTS) is 1. The highest BCUT2D eigenvalue weighted by molar-refractivity contribution is 5.76. The molecule has 22 heavy (non-hydrogen) atoms. The van der Waals surface area contributed by atoms with E-state index < -0.39 is 11.9 Å². The Labute approximate surface area is 132 Å². The van der Waals surface area contributed by atoms with Gasteiger partial charge in [-0.2, -0.15) is 0 Å². The van der Waals surface area contributed by atoms with Crippen LogP contribution in [-0.4, -0.2) is 35.6 Å². The molecule has 2 amide bonds. The van der Waals surface area contributed by atoms with Gasteiger partial charge in [0.25, 0.3) is 0 Å². The van der Waals surface area contributed by atoms with Crippen LogP contribution in [0.15, 0.2) is 24.3 Å². The third-order valence-corrected chi connectivity index (χ3v) is 3.79. The van der Waals surface area contributed by atoms with E-state index >= 15 is 0 Å². The molecule has 0 saturated carbocycles. The van der Waals surface area contributed by atoms with E-state index in [4.69, 9.17) is 5.11 Å². The minimum Gasteiger partial charge on any atom is -0.481 e. The molecule has 122 valence electrons. The third-order valence-electron chi connectivity index (χ3n) is 3.79. The summed E-state index contributed by atoms with van der Waals surface area (Å²) >= 11 is 0. The zero-order valence-corrected chi connectivity index (χ0v) is 14.0. The van der Waals surface area contributed by atoms with E-state index in [-0.39, 0.29) is 24.5 Å². The number of aryl methyl sites for hydroxylation is 1. The average Bonchev–Trinajstić information content (AvgIpc) is 2.44. The molecule has 0 aliphatic carbocycles. The molecule has 1 aromatic carbocycles. The molecular weight excluding hydrogens is 280 g/mol. The minimum atomic E-state index is -0.904.